The van der Waals surface area contributed by atoms with Crippen molar-refractivity contribution in [2.24, 2.45) is 0 Å². The second-order valence-electron chi connectivity index (χ2n) is 5.86. The van der Waals surface area contributed by atoms with Crippen LogP contribution in [0.3, 0.4) is 0 Å². The molecule has 1 saturated heterocycles. The summed E-state index contributed by atoms with van der Waals surface area (Å²) in [5.41, 5.74) is 1.19. The van der Waals surface area contributed by atoms with Gasteiger partial charge in [0.2, 0.25) is 5.91 Å². The van der Waals surface area contributed by atoms with Crippen molar-refractivity contribution in [2.45, 2.75) is 32.9 Å². The molecular formula is C14H22N4O. The van der Waals surface area contributed by atoms with Gasteiger partial charge in [0.15, 0.2) is 0 Å². The van der Waals surface area contributed by atoms with Gasteiger partial charge in [0.1, 0.15) is 5.82 Å². The standard InChI is InChI=1S/C14H22N4O/c1-14(2,3)17-9-11-5-4-6-16-13(11)18-8-7-15-12(19)10-18/h4-6,17H,7-10H2,1-3H3,(H,15,19). The van der Waals surface area contributed by atoms with E-state index in [2.05, 4.69) is 42.5 Å². The third-order valence-corrected chi connectivity index (χ3v) is 3.01. The Morgan fingerprint density at radius 3 is 2.95 bits per heavy atom. The second-order valence-corrected chi connectivity index (χ2v) is 5.86. The Kier molecular flexibility index (Phi) is 4.04. The van der Waals surface area contributed by atoms with Gasteiger partial charge in [0.25, 0.3) is 0 Å². The van der Waals surface area contributed by atoms with Crippen molar-refractivity contribution < 1.29 is 4.79 Å². The van der Waals surface area contributed by atoms with Crippen molar-refractivity contribution in [1.82, 2.24) is 15.6 Å². The van der Waals surface area contributed by atoms with Crippen molar-refractivity contribution in [3.63, 3.8) is 0 Å². The normalized spacial score (nSPS) is 16.4. The lowest BCUT2D eigenvalue weighted by molar-refractivity contribution is -0.120. The van der Waals surface area contributed by atoms with Crippen LogP contribution < -0.4 is 15.5 Å². The molecule has 0 spiro atoms. The number of hydrogen-bond donors (Lipinski definition) is 2. The molecule has 0 bridgehead atoms. The summed E-state index contributed by atoms with van der Waals surface area (Å²) in [4.78, 5) is 18.0. The predicted octanol–water partition coefficient (Wildman–Crippen LogP) is 0.906. The van der Waals surface area contributed by atoms with Crippen molar-refractivity contribution in [3.8, 4) is 0 Å². The number of piperazine rings is 1. The van der Waals surface area contributed by atoms with E-state index in [4.69, 9.17) is 0 Å². The molecule has 0 radical (unpaired) electrons. The van der Waals surface area contributed by atoms with Crippen molar-refractivity contribution >= 4 is 11.7 Å². The van der Waals surface area contributed by atoms with Gasteiger partial charge in [-0.15, -0.1) is 0 Å². The molecule has 0 atom stereocenters. The summed E-state index contributed by atoms with van der Waals surface area (Å²) in [5, 5.41) is 6.30. The average Bonchev–Trinajstić information content (AvgIpc) is 2.36. The second kappa shape index (κ2) is 5.57. The molecule has 1 aromatic rings. The fourth-order valence-corrected chi connectivity index (χ4v) is 2.03. The van der Waals surface area contributed by atoms with E-state index in [1.807, 2.05) is 11.0 Å². The van der Waals surface area contributed by atoms with Crippen LogP contribution in [-0.4, -0.2) is 36.1 Å². The predicted molar refractivity (Wildman–Crippen MR) is 76.1 cm³/mol. The third kappa shape index (κ3) is 3.92. The minimum absolute atomic E-state index is 0.0617. The minimum Gasteiger partial charge on any atom is -0.353 e. The SMILES string of the molecule is CC(C)(C)NCc1cccnc1N1CCNC(=O)C1. The zero-order valence-electron chi connectivity index (χ0n) is 11.9. The summed E-state index contributed by atoms with van der Waals surface area (Å²) in [6, 6.07) is 4.00. The zero-order chi connectivity index (χ0) is 13.9. The van der Waals surface area contributed by atoms with Crippen LogP contribution in [0.4, 0.5) is 5.82 Å². The first-order chi connectivity index (χ1) is 8.96. The van der Waals surface area contributed by atoms with Crippen LogP contribution in [0, 0.1) is 0 Å². The molecule has 2 N–H and O–H groups in total. The molecule has 104 valence electrons. The highest BCUT2D eigenvalue weighted by Gasteiger charge is 2.20. The number of carbonyl (C=O) groups is 1. The monoisotopic (exact) mass is 262 g/mol. The van der Waals surface area contributed by atoms with E-state index in [-0.39, 0.29) is 11.4 Å². The molecule has 19 heavy (non-hydrogen) atoms. The molecule has 2 rings (SSSR count). The first-order valence-electron chi connectivity index (χ1n) is 6.66. The largest absolute Gasteiger partial charge is 0.353 e. The molecule has 1 amide bonds. The minimum atomic E-state index is 0.0617. The number of amides is 1. The number of anilines is 1. The lowest BCUT2D eigenvalue weighted by atomic mass is 10.1. The number of rotatable bonds is 3. The van der Waals surface area contributed by atoms with Crippen LogP contribution >= 0.6 is 0 Å². The van der Waals surface area contributed by atoms with Gasteiger partial charge in [-0.2, -0.15) is 0 Å². The molecule has 1 aromatic heterocycles. The summed E-state index contributed by atoms with van der Waals surface area (Å²) in [5.74, 6) is 0.973. The van der Waals surface area contributed by atoms with Gasteiger partial charge >= 0.3 is 0 Å². The maximum absolute atomic E-state index is 11.5. The maximum Gasteiger partial charge on any atom is 0.239 e. The Morgan fingerprint density at radius 2 is 2.26 bits per heavy atom. The van der Waals surface area contributed by atoms with Crippen LogP contribution in [0.25, 0.3) is 0 Å². The molecule has 0 unspecified atom stereocenters. The highest BCUT2D eigenvalue weighted by molar-refractivity contribution is 5.82. The summed E-state index contributed by atoms with van der Waals surface area (Å²) in [6.45, 7) is 9.04. The molecule has 0 aromatic carbocycles. The molecule has 2 heterocycles. The summed E-state index contributed by atoms with van der Waals surface area (Å²) in [7, 11) is 0. The van der Waals surface area contributed by atoms with E-state index in [9.17, 15) is 4.79 Å². The Morgan fingerprint density at radius 1 is 1.47 bits per heavy atom. The van der Waals surface area contributed by atoms with E-state index in [0.29, 0.717) is 13.1 Å². The van der Waals surface area contributed by atoms with E-state index in [0.717, 1.165) is 24.5 Å². The topological polar surface area (TPSA) is 57.3 Å². The number of hydrogen-bond acceptors (Lipinski definition) is 4. The molecule has 1 aliphatic rings. The fraction of sp³-hybridized carbons (Fsp3) is 0.571. The Bertz CT molecular complexity index is 453. The van der Waals surface area contributed by atoms with Gasteiger partial charge < -0.3 is 15.5 Å². The van der Waals surface area contributed by atoms with Crippen molar-refractivity contribution in [3.05, 3.63) is 23.9 Å². The average molecular weight is 262 g/mol. The zero-order valence-corrected chi connectivity index (χ0v) is 11.9. The number of nitrogens with zero attached hydrogens (tertiary/aromatic N) is 2. The van der Waals surface area contributed by atoms with Gasteiger partial charge in [-0.05, 0) is 26.8 Å². The molecule has 1 aliphatic heterocycles. The molecular weight excluding hydrogens is 240 g/mol. The lowest BCUT2D eigenvalue weighted by Crippen LogP contribution is -2.48. The molecule has 5 nitrogen and oxygen atoms in total. The number of pyridine rings is 1. The van der Waals surface area contributed by atoms with E-state index < -0.39 is 0 Å². The Balaban J connectivity index is 2.13. The summed E-state index contributed by atoms with van der Waals surface area (Å²) < 4.78 is 0. The quantitative estimate of drug-likeness (QED) is 0.850. The van der Waals surface area contributed by atoms with Crippen molar-refractivity contribution in [2.75, 3.05) is 24.5 Å². The third-order valence-electron chi connectivity index (χ3n) is 3.01. The molecule has 5 heteroatoms. The van der Waals surface area contributed by atoms with Gasteiger partial charge in [-0.3, -0.25) is 4.79 Å². The van der Waals surface area contributed by atoms with Crippen LogP contribution in [0.1, 0.15) is 26.3 Å². The van der Waals surface area contributed by atoms with Gasteiger partial charge in [0, 0.05) is 36.9 Å². The first-order valence-corrected chi connectivity index (χ1v) is 6.66. The maximum atomic E-state index is 11.5. The van der Waals surface area contributed by atoms with Crippen molar-refractivity contribution in [1.29, 1.82) is 0 Å². The van der Waals surface area contributed by atoms with Gasteiger partial charge in [0.05, 0.1) is 6.54 Å². The highest BCUT2D eigenvalue weighted by atomic mass is 16.2. The first kappa shape index (κ1) is 13.8. The molecule has 0 aliphatic carbocycles. The lowest BCUT2D eigenvalue weighted by Gasteiger charge is -2.30. The summed E-state index contributed by atoms with van der Waals surface area (Å²) in [6.07, 6.45) is 1.78. The fourth-order valence-electron chi connectivity index (χ4n) is 2.03. The van der Waals surface area contributed by atoms with Gasteiger partial charge in [-0.25, -0.2) is 4.98 Å². The Labute approximate surface area is 114 Å². The van der Waals surface area contributed by atoms with Crippen LogP contribution in [-0.2, 0) is 11.3 Å². The Hall–Kier alpha value is -1.62. The number of nitrogens with one attached hydrogen (secondary N) is 2. The molecule has 1 fully saturated rings. The van der Waals surface area contributed by atoms with Crippen LogP contribution in [0.15, 0.2) is 18.3 Å². The van der Waals surface area contributed by atoms with Gasteiger partial charge in [-0.1, -0.05) is 6.07 Å². The van der Waals surface area contributed by atoms with E-state index in [1.165, 1.54) is 0 Å². The number of carbonyl (C=O) groups excluding carboxylic acids is 1. The van der Waals surface area contributed by atoms with E-state index >= 15 is 0 Å². The van der Waals surface area contributed by atoms with E-state index in [1.54, 1.807) is 6.20 Å². The number of aromatic nitrogens is 1. The van der Waals surface area contributed by atoms with Crippen LogP contribution in [0.5, 0.6) is 0 Å². The highest BCUT2D eigenvalue weighted by Crippen LogP contribution is 2.18. The van der Waals surface area contributed by atoms with Crippen LogP contribution in [0.2, 0.25) is 0 Å². The smallest absolute Gasteiger partial charge is 0.239 e. The molecule has 0 saturated carbocycles. The summed E-state index contributed by atoms with van der Waals surface area (Å²) >= 11 is 0.